The predicted molar refractivity (Wildman–Crippen MR) is 158 cm³/mol. The Morgan fingerprint density at radius 3 is 2.20 bits per heavy atom. The Labute approximate surface area is 242 Å². The van der Waals surface area contributed by atoms with E-state index in [9.17, 15) is 14.4 Å². The SMILES string of the molecule is CC(N)C(=O)NC(Cc1ccc(Cl)cc1)C(=O)N1CCN(C2(CNC(=O)Cc3ccccc3)CCCCC2)CC1. The Kier molecular flexibility index (Phi) is 10.6. The van der Waals surface area contributed by atoms with Gasteiger partial charge in [0.25, 0.3) is 0 Å². The number of rotatable bonds is 10. The Morgan fingerprint density at radius 1 is 0.925 bits per heavy atom. The minimum atomic E-state index is -0.708. The van der Waals surface area contributed by atoms with Crippen LogP contribution in [0.1, 0.15) is 50.2 Å². The topological polar surface area (TPSA) is 108 Å². The molecule has 2 atom stereocenters. The van der Waals surface area contributed by atoms with Crippen LogP contribution in [0.4, 0.5) is 0 Å². The van der Waals surface area contributed by atoms with E-state index in [1.807, 2.05) is 47.4 Å². The summed E-state index contributed by atoms with van der Waals surface area (Å²) >= 11 is 6.03. The first kappa shape index (κ1) is 30.0. The average Bonchev–Trinajstić information content (AvgIpc) is 2.97. The second-order valence-electron chi connectivity index (χ2n) is 11.2. The highest BCUT2D eigenvalue weighted by Crippen LogP contribution is 2.34. The van der Waals surface area contributed by atoms with Crippen LogP contribution >= 0.6 is 11.6 Å². The first-order valence-corrected chi connectivity index (χ1v) is 14.8. The number of nitrogens with one attached hydrogen (secondary N) is 2. The molecule has 0 aromatic heterocycles. The van der Waals surface area contributed by atoms with Crippen molar-refractivity contribution >= 4 is 29.3 Å². The Hall–Kier alpha value is -2.94. The molecule has 2 aromatic carbocycles. The van der Waals surface area contributed by atoms with Gasteiger partial charge in [-0.1, -0.05) is 73.3 Å². The molecule has 4 rings (SSSR count). The van der Waals surface area contributed by atoms with E-state index in [1.54, 1.807) is 19.1 Å². The lowest BCUT2D eigenvalue weighted by molar-refractivity contribution is -0.139. The van der Waals surface area contributed by atoms with Crippen molar-refractivity contribution in [1.29, 1.82) is 0 Å². The summed E-state index contributed by atoms with van der Waals surface area (Å²) < 4.78 is 0. The maximum absolute atomic E-state index is 13.6. The van der Waals surface area contributed by atoms with Gasteiger partial charge in [0.2, 0.25) is 17.7 Å². The van der Waals surface area contributed by atoms with Gasteiger partial charge >= 0.3 is 0 Å². The second-order valence-corrected chi connectivity index (χ2v) is 11.7. The monoisotopic (exact) mass is 567 g/mol. The molecule has 3 amide bonds. The van der Waals surface area contributed by atoms with Crippen LogP contribution in [0.5, 0.6) is 0 Å². The van der Waals surface area contributed by atoms with Crippen LogP contribution in [0, 0.1) is 0 Å². The first-order chi connectivity index (χ1) is 19.3. The molecule has 1 aliphatic carbocycles. The highest BCUT2D eigenvalue weighted by Gasteiger charge is 2.40. The number of amides is 3. The van der Waals surface area contributed by atoms with E-state index in [0.717, 1.165) is 49.9 Å². The summed E-state index contributed by atoms with van der Waals surface area (Å²) in [6, 6.07) is 15.7. The highest BCUT2D eigenvalue weighted by molar-refractivity contribution is 6.30. The fourth-order valence-electron chi connectivity index (χ4n) is 5.90. The Morgan fingerprint density at radius 2 is 1.57 bits per heavy atom. The third-order valence-corrected chi connectivity index (χ3v) is 8.50. The lowest BCUT2D eigenvalue weighted by Crippen LogP contribution is -2.64. The summed E-state index contributed by atoms with van der Waals surface area (Å²) in [5.41, 5.74) is 7.63. The van der Waals surface area contributed by atoms with Gasteiger partial charge in [-0.05, 0) is 43.0 Å². The molecule has 0 radical (unpaired) electrons. The largest absolute Gasteiger partial charge is 0.354 e. The lowest BCUT2D eigenvalue weighted by Gasteiger charge is -2.50. The fraction of sp³-hybridized carbons (Fsp3) is 0.516. The van der Waals surface area contributed by atoms with Crippen LogP contribution in [0.3, 0.4) is 0 Å². The van der Waals surface area contributed by atoms with Gasteiger partial charge in [-0.2, -0.15) is 0 Å². The lowest BCUT2D eigenvalue weighted by atomic mass is 9.79. The number of halogens is 1. The van der Waals surface area contributed by atoms with E-state index in [-0.39, 0.29) is 23.3 Å². The molecule has 1 saturated heterocycles. The van der Waals surface area contributed by atoms with Crippen molar-refractivity contribution in [2.24, 2.45) is 5.73 Å². The number of benzene rings is 2. The molecule has 0 spiro atoms. The summed E-state index contributed by atoms with van der Waals surface area (Å²) in [5, 5.41) is 6.71. The quantitative estimate of drug-likeness (QED) is 0.409. The van der Waals surface area contributed by atoms with E-state index in [1.165, 1.54) is 6.42 Å². The minimum Gasteiger partial charge on any atom is -0.354 e. The van der Waals surface area contributed by atoms with Crippen LogP contribution in [0.15, 0.2) is 54.6 Å². The van der Waals surface area contributed by atoms with Crippen molar-refractivity contribution in [2.75, 3.05) is 32.7 Å². The van der Waals surface area contributed by atoms with Crippen LogP contribution < -0.4 is 16.4 Å². The smallest absolute Gasteiger partial charge is 0.245 e. The average molecular weight is 568 g/mol. The van der Waals surface area contributed by atoms with Gasteiger partial charge in [0.1, 0.15) is 6.04 Å². The molecule has 1 saturated carbocycles. The number of carbonyl (C=O) groups excluding carboxylic acids is 3. The third kappa shape index (κ3) is 8.05. The van der Waals surface area contributed by atoms with Gasteiger partial charge in [-0.25, -0.2) is 0 Å². The summed E-state index contributed by atoms with van der Waals surface area (Å²) in [6.45, 7) is 4.84. The predicted octanol–water partition coefficient (Wildman–Crippen LogP) is 2.92. The second kappa shape index (κ2) is 14.1. The zero-order valence-electron chi connectivity index (χ0n) is 23.4. The molecular formula is C31H42ClN5O3. The Bertz CT molecular complexity index is 1130. The normalized spacial score (nSPS) is 18.9. The molecule has 2 aliphatic rings. The molecule has 8 nitrogen and oxygen atoms in total. The maximum atomic E-state index is 13.6. The van der Waals surface area contributed by atoms with E-state index in [2.05, 4.69) is 15.5 Å². The number of hydrogen-bond donors (Lipinski definition) is 3. The van der Waals surface area contributed by atoms with Crippen LogP contribution in [0.25, 0.3) is 0 Å². The van der Waals surface area contributed by atoms with Crippen molar-refractivity contribution in [3.63, 3.8) is 0 Å². The van der Waals surface area contributed by atoms with E-state index >= 15 is 0 Å². The number of nitrogens with zero attached hydrogens (tertiary/aromatic N) is 2. The number of carbonyl (C=O) groups is 3. The Balaban J connectivity index is 1.38. The maximum Gasteiger partial charge on any atom is 0.245 e. The van der Waals surface area contributed by atoms with Crippen molar-refractivity contribution in [3.8, 4) is 0 Å². The van der Waals surface area contributed by atoms with Gasteiger partial charge in [0, 0.05) is 49.7 Å². The van der Waals surface area contributed by atoms with Crippen molar-refractivity contribution in [3.05, 3.63) is 70.7 Å². The van der Waals surface area contributed by atoms with Crippen molar-refractivity contribution in [1.82, 2.24) is 20.4 Å². The molecule has 4 N–H and O–H groups in total. The molecule has 0 bridgehead atoms. The van der Waals surface area contributed by atoms with Crippen molar-refractivity contribution < 1.29 is 14.4 Å². The van der Waals surface area contributed by atoms with Crippen LogP contribution in [-0.2, 0) is 27.2 Å². The number of piperazine rings is 1. The van der Waals surface area contributed by atoms with Crippen LogP contribution in [-0.4, -0.2) is 77.9 Å². The molecule has 216 valence electrons. The molecule has 2 fully saturated rings. The fourth-order valence-corrected chi connectivity index (χ4v) is 6.03. The zero-order valence-corrected chi connectivity index (χ0v) is 24.2. The summed E-state index contributed by atoms with van der Waals surface area (Å²) in [7, 11) is 0. The van der Waals surface area contributed by atoms with Gasteiger partial charge in [-0.3, -0.25) is 19.3 Å². The van der Waals surface area contributed by atoms with Crippen molar-refractivity contribution in [2.45, 2.75) is 69.5 Å². The van der Waals surface area contributed by atoms with Crippen LogP contribution in [0.2, 0.25) is 5.02 Å². The van der Waals surface area contributed by atoms with Gasteiger partial charge in [-0.15, -0.1) is 0 Å². The van der Waals surface area contributed by atoms with Gasteiger partial charge in [0.15, 0.2) is 0 Å². The molecule has 2 aromatic rings. The summed E-state index contributed by atoms with van der Waals surface area (Å²) in [4.78, 5) is 43.2. The third-order valence-electron chi connectivity index (χ3n) is 8.25. The van der Waals surface area contributed by atoms with E-state index in [4.69, 9.17) is 17.3 Å². The molecule has 9 heteroatoms. The minimum absolute atomic E-state index is 0.0416. The van der Waals surface area contributed by atoms with Gasteiger partial charge in [0.05, 0.1) is 12.5 Å². The van der Waals surface area contributed by atoms with E-state index in [0.29, 0.717) is 37.5 Å². The summed E-state index contributed by atoms with van der Waals surface area (Å²) in [6.07, 6.45) is 6.31. The first-order valence-electron chi connectivity index (χ1n) is 14.4. The van der Waals surface area contributed by atoms with Gasteiger partial charge < -0.3 is 21.3 Å². The standard InChI is InChI=1S/C31H42ClN5O3/c1-23(33)29(39)35-27(20-25-10-12-26(32)13-11-25)30(40)36-16-18-37(19-17-36)31(14-6-3-7-15-31)22-34-28(38)21-24-8-4-2-5-9-24/h2,4-5,8-13,23,27H,3,6-7,14-22,33H2,1H3,(H,34,38)(H,35,39). The highest BCUT2D eigenvalue weighted by atomic mass is 35.5. The molecule has 1 heterocycles. The molecular weight excluding hydrogens is 526 g/mol. The molecule has 2 unspecified atom stereocenters. The number of nitrogens with two attached hydrogens (primary N) is 1. The summed E-state index contributed by atoms with van der Waals surface area (Å²) in [5.74, 6) is -0.407. The van der Waals surface area contributed by atoms with E-state index < -0.39 is 12.1 Å². The zero-order chi connectivity index (χ0) is 28.5. The number of hydrogen-bond acceptors (Lipinski definition) is 5. The molecule has 40 heavy (non-hydrogen) atoms. The molecule has 1 aliphatic heterocycles.